The molecule has 1 aromatic heterocycles. The zero-order valence-electron chi connectivity index (χ0n) is 26.6. The molecule has 3 aliphatic heterocycles. The number of aromatic nitrogens is 2. The minimum Gasteiger partial charge on any atom is -0.489 e. The molecule has 0 spiro atoms. The summed E-state index contributed by atoms with van der Waals surface area (Å²) in [6.45, 7) is 15.9. The van der Waals surface area contributed by atoms with E-state index in [1.165, 1.54) is 0 Å². The molecule has 3 aliphatic rings. The van der Waals surface area contributed by atoms with Gasteiger partial charge in [-0.05, 0) is 64.8 Å². The second kappa shape index (κ2) is 12.0. The number of amides is 1. The zero-order valence-corrected chi connectivity index (χ0v) is 28.3. The summed E-state index contributed by atoms with van der Waals surface area (Å²) >= 11 is 6.45. The molecule has 11 nitrogen and oxygen atoms in total. The first kappa shape index (κ1) is 31.5. The summed E-state index contributed by atoms with van der Waals surface area (Å²) in [5.41, 5.74) is 3.22. The molecule has 240 valence electrons. The largest absolute Gasteiger partial charge is 0.489 e. The van der Waals surface area contributed by atoms with Gasteiger partial charge in [0.2, 0.25) is 5.95 Å². The Morgan fingerprint density at radius 3 is 2.58 bits per heavy atom. The van der Waals surface area contributed by atoms with Gasteiger partial charge in [-0.2, -0.15) is 4.98 Å². The van der Waals surface area contributed by atoms with E-state index in [0.29, 0.717) is 48.2 Å². The average molecular weight is 654 g/mol. The lowest BCUT2D eigenvalue weighted by Crippen LogP contribution is -2.67. The van der Waals surface area contributed by atoms with Crippen molar-refractivity contribution in [3.63, 3.8) is 0 Å². The number of rotatable bonds is 6. The highest BCUT2D eigenvalue weighted by atomic mass is 35.5. The maximum atomic E-state index is 12.8. The van der Waals surface area contributed by atoms with Crippen molar-refractivity contribution in [2.24, 2.45) is 0 Å². The van der Waals surface area contributed by atoms with Gasteiger partial charge in [0, 0.05) is 55.8 Å². The van der Waals surface area contributed by atoms with Crippen LogP contribution < -0.4 is 25.6 Å². The number of carbonyl (C=O) groups is 1. The fourth-order valence-corrected chi connectivity index (χ4v) is 7.41. The summed E-state index contributed by atoms with van der Waals surface area (Å²) in [7, 11) is -2.53. The van der Waals surface area contributed by atoms with Crippen LogP contribution >= 0.6 is 18.7 Å². The highest BCUT2D eigenvalue weighted by Gasteiger charge is 2.42. The monoisotopic (exact) mass is 653 g/mol. The molecule has 0 radical (unpaired) electrons. The topological polar surface area (TPSA) is 112 Å². The first-order valence-corrected chi connectivity index (χ1v) is 18.2. The van der Waals surface area contributed by atoms with Gasteiger partial charge in [0.25, 0.3) is 0 Å². The van der Waals surface area contributed by atoms with E-state index in [0.717, 1.165) is 47.6 Å². The Kier molecular flexibility index (Phi) is 8.39. The van der Waals surface area contributed by atoms with Gasteiger partial charge in [0.05, 0.1) is 23.6 Å². The fraction of sp³-hybridized carbons (Fsp3) is 0.469. The first-order valence-electron chi connectivity index (χ1n) is 15.2. The van der Waals surface area contributed by atoms with Crippen molar-refractivity contribution in [3.05, 3.63) is 53.2 Å². The van der Waals surface area contributed by atoms with Crippen LogP contribution in [0.25, 0.3) is 0 Å². The smallest absolute Gasteiger partial charge is 0.410 e. The van der Waals surface area contributed by atoms with Crippen LogP contribution in [-0.2, 0) is 9.30 Å². The number of nitrogens with one attached hydrogen (secondary N) is 2. The number of anilines is 5. The number of carbonyl (C=O) groups excluding carboxylic acids is 1. The molecule has 1 amide bonds. The maximum absolute atomic E-state index is 12.8. The first-order chi connectivity index (χ1) is 21.2. The van der Waals surface area contributed by atoms with Crippen LogP contribution in [0.2, 0.25) is 5.02 Å². The van der Waals surface area contributed by atoms with Gasteiger partial charge >= 0.3 is 6.09 Å². The van der Waals surface area contributed by atoms with Crippen LogP contribution in [0.1, 0.15) is 26.3 Å². The number of benzene rings is 2. The Morgan fingerprint density at radius 2 is 1.84 bits per heavy atom. The summed E-state index contributed by atoms with van der Waals surface area (Å²) < 4.78 is 24.7. The summed E-state index contributed by atoms with van der Waals surface area (Å²) in [4.78, 5) is 28.1. The second-order valence-electron chi connectivity index (χ2n) is 13.3. The van der Waals surface area contributed by atoms with Crippen molar-refractivity contribution in [2.45, 2.75) is 45.4 Å². The Morgan fingerprint density at radius 1 is 1.09 bits per heavy atom. The van der Waals surface area contributed by atoms with Gasteiger partial charge in [0.1, 0.15) is 30.1 Å². The number of likely N-dealkylation sites (tertiary alicyclic amines) is 1. The SMILES string of the molecule is Cc1cc(Nc2ncc(Cl)c(Nc3ccccc3P(C)(C)=O)n2)cc2c1N1CCN(C3CN(C(=O)OC(C)(C)C)C3)C[C@@H]1CO2. The van der Waals surface area contributed by atoms with Crippen LogP contribution in [0.3, 0.4) is 0 Å². The summed E-state index contributed by atoms with van der Waals surface area (Å²) in [6, 6.07) is 12.1. The molecule has 0 saturated carbocycles. The van der Waals surface area contributed by atoms with E-state index in [1.54, 1.807) is 24.4 Å². The number of para-hydroxylation sites is 1. The minimum atomic E-state index is -2.53. The normalized spacial score (nSPS) is 18.8. The second-order valence-corrected chi connectivity index (χ2v) is 16.9. The molecular formula is C32H41ClN7O4P. The van der Waals surface area contributed by atoms with Crippen LogP contribution in [0.4, 0.5) is 33.6 Å². The van der Waals surface area contributed by atoms with Gasteiger partial charge in [-0.3, -0.25) is 4.90 Å². The Bertz CT molecular complexity index is 1650. The van der Waals surface area contributed by atoms with E-state index in [9.17, 15) is 9.36 Å². The van der Waals surface area contributed by atoms with Gasteiger partial charge in [-0.15, -0.1) is 0 Å². The number of ether oxygens (including phenoxy) is 2. The molecule has 3 aromatic rings. The van der Waals surface area contributed by atoms with Crippen molar-refractivity contribution >= 4 is 59.0 Å². The van der Waals surface area contributed by atoms with Crippen molar-refractivity contribution in [1.29, 1.82) is 0 Å². The van der Waals surface area contributed by atoms with E-state index in [2.05, 4.69) is 43.4 Å². The average Bonchev–Trinajstić information content (AvgIpc) is 2.92. The molecular weight excluding hydrogens is 613 g/mol. The molecule has 0 aliphatic carbocycles. The zero-order chi connectivity index (χ0) is 32.1. The summed E-state index contributed by atoms with van der Waals surface area (Å²) in [5, 5.41) is 7.63. The van der Waals surface area contributed by atoms with Crippen molar-refractivity contribution < 1.29 is 18.8 Å². The summed E-state index contributed by atoms with van der Waals surface area (Å²) in [6.07, 6.45) is 1.30. The third-order valence-electron chi connectivity index (χ3n) is 8.27. The highest BCUT2D eigenvalue weighted by Crippen LogP contribution is 2.42. The maximum Gasteiger partial charge on any atom is 0.410 e. The number of hydrogen-bond acceptors (Lipinski definition) is 10. The molecule has 13 heteroatoms. The minimum absolute atomic E-state index is 0.233. The third-order valence-corrected chi connectivity index (χ3v) is 10.1. The van der Waals surface area contributed by atoms with Gasteiger partial charge in [-0.25, -0.2) is 9.78 Å². The molecule has 2 aromatic carbocycles. The lowest BCUT2D eigenvalue weighted by atomic mass is 10.0. The van der Waals surface area contributed by atoms with Crippen molar-refractivity contribution in [2.75, 3.05) is 68.2 Å². The Labute approximate surface area is 269 Å². The number of aryl methyl sites for hydroxylation is 1. The standard InChI is InChI=1S/C32H41ClN7O4P/c1-20-13-21(35-30-34-15-24(33)29(37-30)36-25-9-7-8-10-27(25)45(5,6)42)14-26-28(20)40-12-11-38(18-23(40)19-43-26)22-16-39(17-22)31(41)44-32(2,3)4/h7-10,13-15,22-23H,11-12,16-19H2,1-6H3,(H2,34,35,36,37)/t23-/m1/s1. The highest BCUT2D eigenvalue weighted by molar-refractivity contribution is 7.70. The number of hydrogen-bond donors (Lipinski definition) is 2. The van der Waals surface area contributed by atoms with Crippen molar-refractivity contribution in [1.82, 2.24) is 19.8 Å². The van der Waals surface area contributed by atoms with E-state index in [4.69, 9.17) is 21.1 Å². The van der Waals surface area contributed by atoms with Crippen LogP contribution in [-0.4, -0.2) is 96.2 Å². The molecule has 45 heavy (non-hydrogen) atoms. The lowest BCUT2D eigenvalue weighted by molar-refractivity contribution is -0.0202. The molecule has 2 fully saturated rings. The van der Waals surface area contributed by atoms with E-state index in [1.807, 2.05) is 51.1 Å². The number of fused-ring (bicyclic) bond motifs is 3. The molecule has 0 unspecified atom stereocenters. The van der Waals surface area contributed by atoms with E-state index in [-0.39, 0.29) is 12.1 Å². The van der Waals surface area contributed by atoms with Gasteiger partial charge in [-0.1, -0.05) is 23.7 Å². The van der Waals surface area contributed by atoms with E-state index >= 15 is 0 Å². The fourth-order valence-electron chi connectivity index (χ4n) is 6.11. The molecule has 0 bridgehead atoms. The van der Waals surface area contributed by atoms with Crippen LogP contribution in [0, 0.1) is 6.92 Å². The number of halogens is 1. The van der Waals surface area contributed by atoms with Crippen LogP contribution in [0.15, 0.2) is 42.6 Å². The molecule has 2 N–H and O–H groups in total. The van der Waals surface area contributed by atoms with Gasteiger partial charge < -0.3 is 34.5 Å². The predicted molar refractivity (Wildman–Crippen MR) is 180 cm³/mol. The lowest BCUT2D eigenvalue weighted by Gasteiger charge is -2.52. The predicted octanol–water partition coefficient (Wildman–Crippen LogP) is 5.68. The quantitative estimate of drug-likeness (QED) is 0.323. The van der Waals surface area contributed by atoms with Crippen LogP contribution in [0.5, 0.6) is 5.75 Å². The van der Waals surface area contributed by atoms with Crippen molar-refractivity contribution in [3.8, 4) is 5.75 Å². The van der Waals surface area contributed by atoms with Gasteiger partial charge in [0.15, 0.2) is 5.82 Å². The molecule has 1 atom stereocenters. The molecule has 4 heterocycles. The Balaban J connectivity index is 1.12. The summed E-state index contributed by atoms with van der Waals surface area (Å²) in [5.74, 6) is 1.62. The third kappa shape index (κ3) is 6.86. The molecule has 6 rings (SSSR count). The van der Waals surface area contributed by atoms with E-state index < -0.39 is 12.7 Å². The number of piperazine rings is 1. The number of nitrogens with zero attached hydrogens (tertiary/aromatic N) is 5. The molecule has 2 saturated heterocycles. The Hall–Kier alpha value is -3.53.